The highest BCUT2D eigenvalue weighted by Gasteiger charge is 2.37. The molecule has 0 atom stereocenters. The number of amides is 2. The lowest BCUT2D eigenvalue weighted by Gasteiger charge is -2.14. The van der Waals surface area contributed by atoms with Crippen molar-refractivity contribution in [3.8, 4) is 0 Å². The Labute approximate surface area is 182 Å². The molecule has 150 valence electrons. The molecule has 4 rings (SSSR count). The SMILES string of the molecule is Cc1cccc(N2C(=O)c3ccc(C(=O)OCc4ccc(Cl)c(Cl)c4)cc3C2=O)c1. The third kappa shape index (κ3) is 3.70. The van der Waals surface area contributed by atoms with Crippen LogP contribution in [0.4, 0.5) is 5.69 Å². The molecule has 0 spiro atoms. The Kier molecular flexibility index (Phi) is 5.33. The van der Waals surface area contributed by atoms with Gasteiger partial charge in [-0.3, -0.25) is 9.59 Å². The topological polar surface area (TPSA) is 63.7 Å². The van der Waals surface area contributed by atoms with E-state index in [1.54, 1.807) is 36.4 Å². The van der Waals surface area contributed by atoms with Gasteiger partial charge in [0.1, 0.15) is 6.61 Å². The van der Waals surface area contributed by atoms with E-state index in [4.69, 9.17) is 27.9 Å². The number of carbonyl (C=O) groups excluding carboxylic acids is 3. The molecule has 0 saturated heterocycles. The van der Waals surface area contributed by atoms with Crippen molar-refractivity contribution in [3.05, 3.63) is 98.5 Å². The largest absolute Gasteiger partial charge is 0.457 e. The number of nitrogens with zero attached hydrogens (tertiary/aromatic N) is 1. The van der Waals surface area contributed by atoms with Crippen LogP contribution in [-0.4, -0.2) is 17.8 Å². The summed E-state index contributed by atoms with van der Waals surface area (Å²) in [6.45, 7) is 1.87. The molecule has 3 aromatic carbocycles. The van der Waals surface area contributed by atoms with E-state index in [9.17, 15) is 14.4 Å². The van der Waals surface area contributed by atoms with Gasteiger partial charge in [0.15, 0.2) is 0 Å². The monoisotopic (exact) mass is 439 g/mol. The lowest BCUT2D eigenvalue weighted by atomic mass is 10.1. The van der Waals surface area contributed by atoms with Gasteiger partial charge in [0, 0.05) is 0 Å². The van der Waals surface area contributed by atoms with E-state index in [2.05, 4.69) is 0 Å². The Hall–Kier alpha value is -3.15. The number of benzene rings is 3. The zero-order valence-corrected chi connectivity index (χ0v) is 17.3. The second-order valence-electron chi connectivity index (χ2n) is 6.87. The predicted octanol–water partition coefficient (Wildman–Crippen LogP) is 5.46. The maximum atomic E-state index is 12.9. The molecule has 0 radical (unpaired) electrons. The molecule has 0 saturated carbocycles. The predicted molar refractivity (Wildman–Crippen MR) is 114 cm³/mol. The first-order chi connectivity index (χ1) is 14.3. The summed E-state index contributed by atoms with van der Waals surface area (Å²) >= 11 is 11.8. The quantitative estimate of drug-likeness (QED) is 0.399. The van der Waals surface area contributed by atoms with Crippen LogP contribution in [0.5, 0.6) is 0 Å². The summed E-state index contributed by atoms with van der Waals surface area (Å²) in [7, 11) is 0. The van der Waals surface area contributed by atoms with E-state index >= 15 is 0 Å². The van der Waals surface area contributed by atoms with Gasteiger partial charge in [-0.25, -0.2) is 9.69 Å². The summed E-state index contributed by atoms with van der Waals surface area (Å²) < 4.78 is 5.31. The summed E-state index contributed by atoms with van der Waals surface area (Å²) in [5, 5.41) is 0.773. The summed E-state index contributed by atoms with van der Waals surface area (Å²) in [6, 6.07) is 16.4. The Morgan fingerprint density at radius 2 is 1.67 bits per heavy atom. The maximum absolute atomic E-state index is 12.9. The molecule has 1 heterocycles. The zero-order chi connectivity index (χ0) is 21.4. The fourth-order valence-electron chi connectivity index (χ4n) is 3.23. The third-order valence-corrected chi connectivity index (χ3v) is 5.48. The molecule has 1 aliphatic heterocycles. The van der Waals surface area contributed by atoms with Crippen molar-refractivity contribution < 1.29 is 19.1 Å². The molecule has 0 N–H and O–H groups in total. The highest BCUT2D eigenvalue weighted by Crippen LogP contribution is 2.30. The van der Waals surface area contributed by atoms with E-state index in [1.165, 1.54) is 18.2 Å². The highest BCUT2D eigenvalue weighted by molar-refractivity contribution is 6.42. The van der Waals surface area contributed by atoms with Crippen molar-refractivity contribution in [2.24, 2.45) is 0 Å². The number of halogens is 2. The normalized spacial score (nSPS) is 12.8. The van der Waals surface area contributed by atoms with Crippen LogP contribution in [0.25, 0.3) is 0 Å². The number of imide groups is 1. The van der Waals surface area contributed by atoms with Crippen LogP contribution in [-0.2, 0) is 11.3 Å². The molecule has 0 unspecified atom stereocenters. The van der Waals surface area contributed by atoms with Crippen LogP contribution in [0.3, 0.4) is 0 Å². The highest BCUT2D eigenvalue weighted by atomic mass is 35.5. The summed E-state index contributed by atoms with van der Waals surface area (Å²) in [5.41, 5.74) is 2.70. The van der Waals surface area contributed by atoms with Crippen molar-refractivity contribution >= 4 is 46.7 Å². The van der Waals surface area contributed by atoms with E-state index in [1.807, 2.05) is 13.0 Å². The van der Waals surface area contributed by atoms with E-state index in [-0.39, 0.29) is 23.3 Å². The van der Waals surface area contributed by atoms with Crippen molar-refractivity contribution in [1.82, 2.24) is 0 Å². The number of carbonyl (C=O) groups is 3. The smallest absolute Gasteiger partial charge is 0.338 e. The Bertz CT molecular complexity index is 1210. The van der Waals surface area contributed by atoms with Crippen molar-refractivity contribution in [2.45, 2.75) is 13.5 Å². The number of ether oxygens (including phenoxy) is 1. The second-order valence-corrected chi connectivity index (χ2v) is 7.68. The fourth-order valence-corrected chi connectivity index (χ4v) is 3.55. The fraction of sp³-hybridized carbons (Fsp3) is 0.0870. The summed E-state index contributed by atoms with van der Waals surface area (Å²) in [6.07, 6.45) is 0. The molecule has 5 nitrogen and oxygen atoms in total. The second kappa shape index (κ2) is 7.94. The van der Waals surface area contributed by atoms with Crippen LogP contribution in [0.1, 0.15) is 42.2 Å². The number of esters is 1. The number of hydrogen-bond donors (Lipinski definition) is 0. The first-order valence-electron chi connectivity index (χ1n) is 9.05. The summed E-state index contributed by atoms with van der Waals surface area (Å²) in [4.78, 5) is 39.2. The van der Waals surface area contributed by atoms with Crippen LogP contribution >= 0.6 is 23.2 Å². The number of hydrogen-bond acceptors (Lipinski definition) is 4. The lowest BCUT2D eigenvalue weighted by Crippen LogP contribution is -2.29. The minimum absolute atomic E-state index is 0.00486. The Morgan fingerprint density at radius 1 is 0.900 bits per heavy atom. The van der Waals surface area contributed by atoms with Gasteiger partial charge >= 0.3 is 5.97 Å². The average molecular weight is 440 g/mol. The molecule has 7 heteroatoms. The minimum atomic E-state index is -0.613. The number of anilines is 1. The van der Waals surface area contributed by atoms with Gasteiger partial charge in [-0.05, 0) is 60.5 Å². The molecule has 0 fully saturated rings. The molecule has 30 heavy (non-hydrogen) atoms. The van der Waals surface area contributed by atoms with Gasteiger partial charge in [-0.2, -0.15) is 0 Å². The molecule has 2 amide bonds. The molecule has 0 aliphatic carbocycles. The van der Waals surface area contributed by atoms with E-state index < -0.39 is 17.8 Å². The van der Waals surface area contributed by atoms with Gasteiger partial charge in [0.25, 0.3) is 11.8 Å². The van der Waals surface area contributed by atoms with Crippen molar-refractivity contribution in [2.75, 3.05) is 4.90 Å². The first-order valence-corrected chi connectivity index (χ1v) is 9.81. The zero-order valence-electron chi connectivity index (χ0n) is 15.8. The van der Waals surface area contributed by atoms with Gasteiger partial charge in [-0.15, -0.1) is 0 Å². The maximum Gasteiger partial charge on any atom is 0.338 e. The molecule has 3 aromatic rings. The van der Waals surface area contributed by atoms with Crippen LogP contribution in [0.15, 0.2) is 60.7 Å². The lowest BCUT2D eigenvalue weighted by molar-refractivity contribution is 0.0472. The third-order valence-electron chi connectivity index (χ3n) is 4.74. The van der Waals surface area contributed by atoms with Gasteiger partial charge in [0.05, 0.1) is 32.4 Å². The number of rotatable bonds is 4. The Morgan fingerprint density at radius 3 is 2.40 bits per heavy atom. The van der Waals surface area contributed by atoms with Crippen LogP contribution in [0.2, 0.25) is 10.0 Å². The van der Waals surface area contributed by atoms with E-state index in [0.29, 0.717) is 21.3 Å². The molecular weight excluding hydrogens is 425 g/mol. The molecule has 0 aromatic heterocycles. The van der Waals surface area contributed by atoms with Crippen molar-refractivity contribution in [1.29, 1.82) is 0 Å². The first kappa shape index (κ1) is 20.1. The van der Waals surface area contributed by atoms with Gasteiger partial charge in [0.2, 0.25) is 0 Å². The standard InChI is InChI=1S/C23H15Cl2NO4/c1-13-3-2-4-16(9-13)26-21(27)17-7-6-15(11-18(17)22(26)28)23(29)30-12-14-5-8-19(24)20(25)10-14/h2-11H,12H2,1H3. The van der Waals surface area contributed by atoms with Crippen molar-refractivity contribution in [3.63, 3.8) is 0 Å². The minimum Gasteiger partial charge on any atom is -0.457 e. The van der Waals surface area contributed by atoms with Crippen LogP contribution in [0, 0.1) is 6.92 Å². The van der Waals surface area contributed by atoms with E-state index in [0.717, 1.165) is 10.5 Å². The Balaban J connectivity index is 1.55. The number of fused-ring (bicyclic) bond motifs is 1. The van der Waals surface area contributed by atoms with Gasteiger partial charge in [-0.1, -0.05) is 41.4 Å². The average Bonchev–Trinajstić information content (AvgIpc) is 2.98. The van der Waals surface area contributed by atoms with Gasteiger partial charge < -0.3 is 4.74 Å². The molecule has 0 bridgehead atoms. The number of aryl methyl sites for hydroxylation is 1. The molecular formula is C23H15Cl2NO4. The summed E-state index contributed by atoms with van der Waals surface area (Å²) in [5.74, 6) is -1.51. The molecule has 1 aliphatic rings. The van der Waals surface area contributed by atoms with Crippen LogP contribution < -0.4 is 4.90 Å².